The Balaban J connectivity index is 2.18. The molecular weight excluding hydrogens is 408 g/mol. The van der Waals surface area contributed by atoms with E-state index in [0.29, 0.717) is 5.56 Å². The summed E-state index contributed by atoms with van der Waals surface area (Å²) in [6, 6.07) is 3.67. The van der Waals surface area contributed by atoms with Crippen LogP contribution in [0.2, 0.25) is 20.2 Å². The quantitative estimate of drug-likeness (QED) is 0.363. The average Bonchev–Trinajstić information content (AvgIpc) is 2.56. The highest BCUT2D eigenvalue weighted by molar-refractivity contribution is 6.52. The Morgan fingerprint density at radius 3 is 2.16 bits per heavy atom. The molecule has 8 heteroatoms. The van der Waals surface area contributed by atoms with E-state index in [-0.39, 0.29) is 31.7 Å². The van der Waals surface area contributed by atoms with Gasteiger partial charge >= 0.3 is 5.97 Å². The lowest BCUT2D eigenvalue weighted by molar-refractivity contribution is 0.0469. The van der Waals surface area contributed by atoms with E-state index in [4.69, 9.17) is 51.1 Å². The van der Waals surface area contributed by atoms with Crippen LogP contribution in [0, 0.1) is 20.8 Å². The maximum Gasteiger partial charge on any atom is 0.359 e. The second kappa shape index (κ2) is 7.92. The second-order valence-electron chi connectivity index (χ2n) is 5.44. The Labute approximate surface area is 165 Å². The molecule has 0 bridgehead atoms. The molecule has 0 N–H and O–H groups in total. The maximum atomic E-state index is 12.3. The van der Waals surface area contributed by atoms with Gasteiger partial charge in [0.25, 0.3) is 0 Å². The number of ether oxygens (including phenoxy) is 1. The number of ketones is 1. The molecule has 4 nitrogen and oxygen atoms in total. The molecule has 0 fully saturated rings. The molecule has 0 aliphatic rings. The van der Waals surface area contributed by atoms with Gasteiger partial charge in [-0.15, -0.1) is 0 Å². The van der Waals surface area contributed by atoms with Gasteiger partial charge in [-0.05, 0) is 43.5 Å². The van der Waals surface area contributed by atoms with Gasteiger partial charge < -0.3 is 4.74 Å². The summed E-state index contributed by atoms with van der Waals surface area (Å²) in [4.78, 5) is 28.2. The summed E-state index contributed by atoms with van der Waals surface area (Å²) in [6.07, 6.45) is 0. The lowest BCUT2D eigenvalue weighted by Crippen LogP contribution is -2.17. The summed E-state index contributed by atoms with van der Waals surface area (Å²) in [5, 5.41) is -0.534. The van der Waals surface area contributed by atoms with Gasteiger partial charge in [-0.3, -0.25) is 4.79 Å². The van der Waals surface area contributed by atoms with Crippen molar-refractivity contribution in [1.82, 2.24) is 4.98 Å². The molecule has 132 valence electrons. The van der Waals surface area contributed by atoms with Crippen molar-refractivity contribution in [3.63, 3.8) is 0 Å². The van der Waals surface area contributed by atoms with E-state index >= 15 is 0 Å². The standard InChI is InChI=1S/C17H13Cl4NO3/c1-7-4-9(3)10(5-8(7)2)11(23)6-25-17(24)15-13(19)12(18)14(20)16(21)22-15/h4-5H,6H2,1-3H3. The minimum atomic E-state index is -0.916. The molecule has 0 atom stereocenters. The summed E-state index contributed by atoms with van der Waals surface area (Å²) in [7, 11) is 0. The Kier molecular flexibility index (Phi) is 6.33. The van der Waals surface area contributed by atoms with Gasteiger partial charge in [-0.25, -0.2) is 9.78 Å². The lowest BCUT2D eigenvalue weighted by Gasteiger charge is -2.10. The van der Waals surface area contributed by atoms with Gasteiger partial charge in [-0.1, -0.05) is 52.5 Å². The normalized spacial score (nSPS) is 10.7. The van der Waals surface area contributed by atoms with Gasteiger partial charge in [0.15, 0.2) is 12.3 Å². The minimum Gasteiger partial charge on any atom is -0.453 e. The van der Waals surface area contributed by atoms with Gasteiger partial charge in [-0.2, -0.15) is 0 Å². The molecule has 1 aromatic carbocycles. The van der Waals surface area contributed by atoms with Crippen LogP contribution >= 0.6 is 46.4 Å². The minimum absolute atomic E-state index is 0.0632. The number of carbonyl (C=O) groups excluding carboxylic acids is 2. The molecule has 0 unspecified atom stereocenters. The number of hydrogen-bond donors (Lipinski definition) is 0. The number of nitrogens with zero attached hydrogens (tertiary/aromatic N) is 1. The van der Waals surface area contributed by atoms with E-state index in [2.05, 4.69) is 4.98 Å². The summed E-state index contributed by atoms with van der Waals surface area (Å²) in [5.41, 5.74) is 3.04. The highest BCUT2D eigenvalue weighted by atomic mass is 35.5. The number of Topliss-reactive ketones (excluding diaryl/α,β-unsaturated/α-hetero) is 1. The van der Waals surface area contributed by atoms with Crippen LogP contribution in [0.15, 0.2) is 12.1 Å². The number of pyridine rings is 1. The van der Waals surface area contributed by atoms with Crippen molar-refractivity contribution in [2.24, 2.45) is 0 Å². The topological polar surface area (TPSA) is 56.3 Å². The number of esters is 1. The zero-order chi connectivity index (χ0) is 18.9. The summed E-state index contributed by atoms with van der Waals surface area (Å²) in [6.45, 7) is 5.22. The predicted molar refractivity (Wildman–Crippen MR) is 99.5 cm³/mol. The summed E-state index contributed by atoms with van der Waals surface area (Å²) >= 11 is 23.4. The Bertz CT molecular complexity index is 881. The van der Waals surface area contributed by atoms with Crippen LogP contribution in [-0.2, 0) is 4.74 Å². The molecule has 1 aromatic heterocycles. The molecular formula is C17H13Cl4NO3. The van der Waals surface area contributed by atoms with E-state index in [1.807, 2.05) is 26.8 Å². The third kappa shape index (κ3) is 4.26. The van der Waals surface area contributed by atoms with Crippen LogP contribution in [0.3, 0.4) is 0 Å². The molecule has 0 saturated heterocycles. The van der Waals surface area contributed by atoms with E-state index < -0.39 is 12.6 Å². The zero-order valence-corrected chi connectivity index (χ0v) is 16.6. The molecule has 2 rings (SSSR count). The largest absolute Gasteiger partial charge is 0.453 e. The Hall–Kier alpha value is -1.33. The number of benzene rings is 1. The lowest BCUT2D eigenvalue weighted by atomic mass is 9.98. The molecule has 2 aromatic rings. The van der Waals surface area contributed by atoms with Crippen LogP contribution in [0.1, 0.15) is 37.5 Å². The van der Waals surface area contributed by atoms with Crippen LogP contribution in [-0.4, -0.2) is 23.3 Å². The molecule has 0 amide bonds. The van der Waals surface area contributed by atoms with Crippen LogP contribution in [0.5, 0.6) is 0 Å². The van der Waals surface area contributed by atoms with Crippen molar-refractivity contribution in [1.29, 1.82) is 0 Å². The fourth-order valence-corrected chi connectivity index (χ4v) is 2.97. The van der Waals surface area contributed by atoms with Gasteiger partial charge in [0.1, 0.15) is 5.15 Å². The van der Waals surface area contributed by atoms with E-state index in [0.717, 1.165) is 16.7 Å². The van der Waals surface area contributed by atoms with Crippen LogP contribution < -0.4 is 0 Å². The first-order valence-electron chi connectivity index (χ1n) is 7.11. The van der Waals surface area contributed by atoms with Gasteiger partial charge in [0.05, 0.1) is 15.1 Å². The second-order valence-corrected chi connectivity index (χ2v) is 6.94. The first kappa shape index (κ1) is 20.0. The third-order valence-electron chi connectivity index (χ3n) is 3.65. The van der Waals surface area contributed by atoms with Crippen molar-refractivity contribution >= 4 is 58.2 Å². The number of rotatable bonds is 4. The number of aryl methyl sites for hydroxylation is 3. The van der Waals surface area contributed by atoms with Crippen molar-refractivity contribution in [2.45, 2.75) is 20.8 Å². The highest BCUT2D eigenvalue weighted by Gasteiger charge is 2.22. The van der Waals surface area contributed by atoms with Crippen molar-refractivity contribution in [2.75, 3.05) is 6.61 Å². The molecule has 0 radical (unpaired) electrons. The molecule has 25 heavy (non-hydrogen) atoms. The molecule has 0 saturated carbocycles. The molecule has 0 spiro atoms. The zero-order valence-electron chi connectivity index (χ0n) is 13.5. The Morgan fingerprint density at radius 2 is 1.52 bits per heavy atom. The average molecular weight is 421 g/mol. The first-order valence-corrected chi connectivity index (χ1v) is 8.62. The van der Waals surface area contributed by atoms with E-state index in [1.165, 1.54) is 0 Å². The number of aromatic nitrogens is 1. The van der Waals surface area contributed by atoms with E-state index in [1.54, 1.807) is 6.07 Å². The van der Waals surface area contributed by atoms with Gasteiger partial charge in [0.2, 0.25) is 5.78 Å². The monoisotopic (exact) mass is 419 g/mol. The number of carbonyl (C=O) groups is 2. The highest BCUT2D eigenvalue weighted by Crippen LogP contribution is 2.36. The van der Waals surface area contributed by atoms with Crippen molar-refractivity contribution < 1.29 is 14.3 Å². The fraction of sp³-hybridized carbons (Fsp3) is 0.235. The summed E-state index contributed by atoms with van der Waals surface area (Å²) in [5.74, 6) is -1.25. The SMILES string of the molecule is Cc1cc(C)c(C(=O)COC(=O)c2nc(Cl)c(Cl)c(Cl)c2Cl)cc1C. The van der Waals surface area contributed by atoms with Gasteiger partial charge in [0, 0.05) is 5.56 Å². The molecule has 0 aliphatic carbocycles. The summed E-state index contributed by atoms with van der Waals surface area (Å²) < 4.78 is 5.00. The molecule has 0 aliphatic heterocycles. The fourth-order valence-electron chi connectivity index (χ4n) is 2.16. The van der Waals surface area contributed by atoms with E-state index in [9.17, 15) is 9.59 Å². The number of hydrogen-bond acceptors (Lipinski definition) is 4. The maximum absolute atomic E-state index is 12.3. The third-order valence-corrected chi connectivity index (χ3v) is 5.33. The van der Waals surface area contributed by atoms with Crippen LogP contribution in [0.4, 0.5) is 0 Å². The smallest absolute Gasteiger partial charge is 0.359 e. The van der Waals surface area contributed by atoms with Crippen LogP contribution in [0.25, 0.3) is 0 Å². The predicted octanol–water partition coefficient (Wildman–Crippen LogP) is 5.66. The number of halogens is 4. The first-order chi connectivity index (χ1) is 11.6. The van der Waals surface area contributed by atoms with Crippen molar-refractivity contribution in [3.05, 3.63) is 60.3 Å². The Morgan fingerprint density at radius 1 is 0.920 bits per heavy atom. The van der Waals surface area contributed by atoms with Crippen molar-refractivity contribution in [3.8, 4) is 0 Å². The molecule has 1 heterocycles.